The molecule has 0 aliphatic carbocycles. The van der Waals surface area contributed by atoms with Gasteiger partial charge in [0, 0.05) is 45.1 Å². The molecule has 0 saturated carbocycles. The van der Waals surface area contributed by atoms with Gasteiger partial charge in [-0.1, -0.05) is 17.7 Å². The zero-order valence-electron chi connectivity index (χ0n) is 15.3. The van der Waals surface area contributed by atoms with Crippen molar-refractivity contribution in [3.05, 3.63) is 47.2 Å². The van der Waals surface area contributed by atoms with Crippen LogP contribution >= 0.6 is 11.6 Å². The van der Waals surface area contributed by atoms with Crippen LogP contribution in [0.2, 0.25) is 5.02 Å². The lowest BCUT2D eigenvalue weighted by Crippen LogP contribution is -2.47. The molecule has 2 aromatic rings. The monoisotopic (exact) mass is 409 g/mol. The number of nitrogens with zero attached hydrogens (tertiary/aromatic N) is 4. The average Bonchev–Trinajstić information content (AvgIpc) is 2.66. The highest BCUT2D eigenvalue weighted by molar-refractivity contribution is 7.89. The number of rotatable bonds is 7. The lowest BCUT2D eigenvalue weighted by atomic mass is 10.2. The number of aromatic nitrogens is 2. The number of piperazine rings is 1. The topological polar surface area (TPSA) is 78.4 Å². The maximum atomic E-state index is 12.4. The Morgan fingerprint density at radius 1 is 1.15 bits per heavy atom. The van der Waals surface area contributed by atoms with Gasteiger partial charge in [-0.2, -0.15) is 0 Å². The predicted molar refractivity (Wildman–Crippen MR) is 107 cm³/mol. The molecule has 0 radical (unpaired) electrons. The first-order valence-electron chi connectivity index (χ1n) is 8.96. The van der Waals surface area contributed by atoms with Crippen molar-refractivity contribution >= 4 is 27.6 Å². The normalized spacial score (nSPS) is 15.9. The van der Waals surface area contributed by atoms with Gasteiger partial charge < -0.3 is 4.90 Å². The zero-order valence-corrected chi connectivity index (χ0v) is 16.9. The maximum absolute atomic E-state index is 12.4. The van der Waals surface area contributed by atoms with Crippen LogP contribution in [0.4, 0.5) is 5.95 Å². The van der Waals surface area contributed by atoms with Crippen molar-refractivity contribution in [1.82, 2.24) is 19.6 Å². The minimum Gasteiger partial charge on any atom is -0.338 e. The number of nitrogens with one attached hydrogen (secondary N) is 1. The molecule has 0 bridgehead atoms. The Hall–Kier alpha value is -1.74. The quantitative estimate of drug-likeness (QED) is 0.704. The molecule has 1 aliphatic heterocycles. The van der Waals surface area contributed by atoms with Gasteiger partial charge in [0.2, 0.25) is 16.0 Å². The van der Waals surface area contributed by atoms with E-state index in [4.69, 9.17) is 11.6 Å². The van der Waals surface area contributed by atoms with Gasteiger partial charge in [-0.15, -0.1) is 0 Å². The van der Waals surface area contributed by atoms with Gasteiger partial charge in [0.1, 0.15) is 4.90 Å². The van der Waals surface area contributed by atoms with Crippen molar-refractivity contribution in [3.63, 3.8) is 0 Å². The van der Waals surface area contributed by atoms with Crippen molar-refractivity contribution < 1.29 is 8.42 Å². The molecule has 7 nitrogen and oxygen atoms in total. The van der Waals surface area contributed by atoms with Crippen molar-refractivity contribution in [3.8, 4) is 0 Å². The Labute approximate surface area is 165 Å². The Kier molecular flexibility index (Phi) is 6.64. The summed E-state index contributed by atoms with van der Waals surface area (Å²) in [4.78, 5) is 13.2. The van der Waals surface area contributed by atoms with Gasteiger partial charge in [0.05, 0.1) is 5.02 Å². The molecular formula is C18H24ClN5O2S. The minimum atomic E-state index is -3.58. The molecule has 1 aromatic carbocycles. The molecule has 0 spiro atoms. The van der Waals surface area contributed by atoms with E-state index in [9.17, 15) is 8.42 Å². The average molecular weight is 410 g/mol. The first-order valence-corrected chi connectivity index (χ1v) is 10.8. The Balaban J connectivity index is 1.42. The SMILES string of the molecule is Cc1ccc(S(=O)(=O)NCCCN2CCN(c3ncccn3)CC2)c(Cl)c1. The van der Waals surface area contributed by atoms with Crippen LogP contribution in [0.3, 0.4) is 0 Å². The highest BCUT2D eigenvalue weighted by Crippen LogP contribution is 2.22. The van der Waals surface area contributed by atoms with Crippen LogP contribution in [0.25, 0.3) is 0 Å². The van der Waals surface area contributed by atoms with Gasteiger partial charge in [0.25, 0.3) is 0 Å². The fourth-order valence-electron chi connectivity index (χ4n) is 3.04. The van der Waals surface area contributed by atoms with Crippen molar-refractivity contribution in [2.75, 3.05) is 44.2 Å². The summed E-state index contributed by atoms with van der Waals surface area (Å²) in [6.45, 7) is 6.66. The number of hydrogen-bond donors (Lipinski definition) is 1. The fraction of sp³-hybridized carbons (Fsp3) is 0.444. The number of hydrogen-bond acceptors (Lipinski definition) is 6. The van der Waals surface area contributed by atoms with Gasteiger partial charge in [-0.05, 0) is 43.7 Å². The van der Waals surface area contributed by atoms with E-state index in [1.807, 2.05) is 13.0 Å². The zero-order chi connectivity index (χ0) is 19.3. The minimum absolute atomic E-state index is 0.131. The second kappa shape index (κ2) is 8.97. The highest BCUT2D eigenvalue weighted by atomic mass is 35.5. The van der Waals surface area contributed by atoms with Crippen molar-refractivity contribution in [1.29, 1.82) is 0 Å². The molecule has 146 valence electrons. The molecule has 3 rings (SSSR count). The maximum Gasteiger partial charge on any atom is 0.242 e. The second-order valence-electron chi connectivity index (χ2n) is 6.56. The number of sulfonamides is 1. The lowest BCUT2D eigenvalue weighted by Gasteiger charge is -2.34. The molecule has 0 amide bonds. The van der Waals surface area contributed by atoms with E-state index >= 15 is 0 Å². The number of anilines is 1. The molecule has 1 N–H and O–H groups in total. The molecule has 1 aromatic heterocycles. The van der Waals surface area contributed by atoms with Gasteiger partial charge >= 0.3 is 0 Å². The molecule has 1 saturated heterocycles. The van der Waals surface area contributed by atoms with Crippen LogP contribution < -0.4 is 9.62 Å². The molecule has 27 heavy (non-hydrogen) atoms. The number of halogens is 1. The van der Waals surface area contributed by atoms with E-state index in [1.165, 1.54) is 0 Å². The summed E-state index contributed by atoms with van der Waals surface area (Å²) in [7, 11) is -3.58. The summed E-state index contributed by atoms with van der Waals surface area (Å²) in [5, 5.41) is 0.252. The third kappa shape index (κ3) is 5.38. The van der Waals surface area contributed by atoms with E-state index in [1.54, 1.807) is 30.6 Å². The van der Waals surface area contributed by atoms with Crippen LogP contribution in [0.15, 0.2) is 41.6 Å². The summed E-state index contributed by atoms with van der Waals surface area (Å²) < 4.78 is 27.4. The van der Waals surface area contributed by atoms with Crippen molar-refractivity contribution in [2.24, 2.45) is 0 Å². The Bertz CT molecular complexity index is 855. The summed E-state index contributed by atoms with van der Waals surface area (Å²) in [6.07, 6.45) is 4.24. The van der Waals surface area contributed by atoms with Gasteiger partial charge in [-0.3, -0.25) is 4.90 Å². The van der Waals surface area contributed by atoms with Crippen LogP contribution in [0.1, 0.15) is 12.0 Å². The van der Waals surface area contributed by atoms with Gasteiger partial charge in [0.15, 0.2) is 0 Å². The molecule has 0 atom stereocenters. The summed E-state index contributed by atoms with van der Waals surface area (Å²) in [5.74, 6) is 0.764. The molecule has 1 aliphatic rings. The van der Waals surface area contributed by atoms with E-state index in [2.05, 4.69) is 24.5 Å². The lowest BCUT2D eigenvalue weighted by molar-refractivity contribution is 0.254. The molecule has 1 fully saturated rings. The highest BCUT2D eigenvalue weighted by Gasteiger charge is 2.20. The standard InChI is InChI=1S/C18H24ClN5O2S/c1-15-4-5-17(16(19)14-15)27(25,26)22-8-3-9-23-10-12-24(13-11-23)18-20-6-2-7-21-18/h2,4-7,14,22H,3,8-13H2,1H3. The van der Waals surface area contributed by atoms with E-state index in [0.29, 0.717) is 6.54 Å². The summed E-state index contributed by atoms with van der Waals surface area (Å²) in [5.41, 5.74) is 0.930. The summed E-state index contributed by atoms with van der Waals surface area (Å²) in [6, 6.07) is 6.76. The molecule has 0 unspecified atom stereocenters. The van der Waals surface area contributed by atoms with Crippen LogP contribution in [-0.2, 0) is 10.0 Å². The Morgan fingerprint density at radius 2 is 1.85 bits per heavy atom. The second-order valence-corrected chi connectivity index (χ2v) is 8.71. The molecular weight excluding hydrogens is 386 g/mol. The van der Waals surface area contributed by atoms with Gasteiger partial charge in [-0.25, -0.2) is 23.1 Å². The largest absolute Gasteiger partial charge is 0.338 e. The fourth-order valence-corrected chi connectivity index (χ4v) is 4.71. The van der Waals surface area contributed by atoms with Crippen LogP contribution in [-0.4, -0.2) is 62.6 Å². The van der Waals surface area contributed by atoms with E-state index in [0.717, 1.165) is 50.7 Å². The number of aryl methyl sites for hydroxylation is 1. The smallest absolute Gasteiger partial charge is 0.242 e. The first kappa shape index (κ1) is 20.0. The Morgan fingerprint density at radius 3 is 2.52 bits per heavy atom. The third-order valence-corrected chi connectivity index (χ3v) is 6.47. The molecule has 2 heterocycles. The predicted octanol–water partition coefficient (Wildman–Crippen LogP) is 1.93. The third-order valence-electron chi connectivity index (χ3n) is 4.53. The molecule has 9 heteroatoms. The van der Waals surface area contributed by atoms with E-state index in [-0.39, 0.29) is 9.92 Å². The first-order chi connectivity index (χ1) is 13.0. The van der Waals surface area contributed by atoms with Crippen molar-refractivity contribution in [2.45, 2.75) is 18.2 Å². The van der Waals surface area contributed by atoms with Crippen LogP contribution in [0.5, 0.6) is 0 Å². The number of benzene rings is 1. The van der Waals surface area contributed by atoms with Crippen LogP contribution in [0, 0.1) is 6.92 Å². The summed E-state index contributed by atoms with van der Waals surface area (Å²) >= 11 is 6.07. The van der Waals surface area contributed by atoms with E-state index < -0.39 is 10.0 Å².